The number of thioether (sulfide) groups is 1. The molecule has 0 atom stereocenters. The van der Waals surface area contributed by atoms with Crippen LogP contribution in [0.15, 0.2) is 9.95 Å². The zero-order valence-corrected chi connectivity index (χ0v) is 11.6. The fraction of sp³-hybridized carbons (Fsp3) is 0.727. The second-order valence-electron chi connectivity index (χ2n) is 3.72. The molecule has 6 nitrogen and oxygen atoms in total. The van der Waals surface area contributed by atoms with Crippen LogP contribution < -0.4 is 5.69 Å². The van der Waals surface area contributed by atoms with Gasteiger partial charge in [0, 0.05) is 18.7 Å². The van der Waals surface area contributed by atoms with Crippen molar-refractivity contribution in [1.29, 1.82) is 0 Å². The van der Waals surface area contributed by atoms with E-state index >= 15 is 0 Å². The maximum Gasteiger partial charge on any atom is 0.343 e. The highest BCUT2D eigenvalue weighted by Crippen LogP contribution is 2.15. The summed E-state index contributed by atoms with van der Waals surface area (Å²) in [6.07, 6.45) is 2.01. The molecule has 0 aliphatic carbocycles. The van der Waals surface area contributed by atoms with Gasteiger partial charge in [0.05, 0.1) is 6.61 Å². The number of H-pyrrole nitrogens is 1. The zero-order valence-electron chi connectivity index (χ0n) is 10.8. The molecule has 1 aromatic rings. The number of esters is 1. The summed E-state index contributed by atoms with van der Waals surface area (Å²) in [6, 6.07) is 0. The number of nitrogens with one attached hydrogen (secondary N) is 1. The number of ether oxygens (including phenoxy) is 1. The molecule has 7 heteroatoms. The lowest BCUT2D eigenvalue weighted by molar-refractivity contribution is -0.143. The number of carbonyl (C=O) groups is 1. The van der Waals surface area contributed by atoms with Crippen molar-refractivity contribution in [3.05, 3.63) is 10.5 Å². The van der Waals surface area contributed by atoms with E-state index in [-0.39, 0.29) is 11.7 Å². The summed E-state index contributed by atoms with van der Waals surface area (Å²) in [4.78, 5) is 22.5. The van der Waals surface area contributed by atoms with E-state index in [1.54, 1.807) is 11.5 Å². The molecular weight excluding hydrogens is 254 g/mol. The number of aromatic amines is 1. The molecule has 102 valence electrons. The predicted octanol–water partition coefficient (Wildman–Crippen LogP) is 1.42. The van der Waals surface area contributed by atoms with E-state index in [2.05, 4.69) is 10.2 Å². The standard InChI is InChI=1S/C11H19N3O3S/c1-3-7-14-10(16)12-13-11(14)18-8-5-6-9(15)17-4-2/h3-8H2,1-2H3,(H,12,16). The van der Waals surface area contributed by atoms with Gasteiger partial charge in [0.15, 0.2) is 5.16 Å². The van der Waals surface area contributed by atoms with Gasteiger partial charge in [-0.3, -0.25) is 9.36 Å². The second-order valence-corrected chi connectivity index (χ2v) is 4.78. The molecule has 0 radical (unpaired) electrons. The predicted molar refractivity (Wildman–Crippen MR) is 69.7 cm³/mol. The van der Waals surface area contributed by atoms with Crippen LogP contribution >= 0.6 is 11.8 Å². The monoisotopic (exact) mass is 273 g/mol. The second kappa shape index (κ2) is 7.97. The van der Waals surface area contributed by atoms with Crippen LogP contribution in [-0.4, -0.2) is 33.1 Å². The lowest BCUT2D eigenvalue weighted by Gasteiger charge is -2.03. The Morgan fingerprint density at radius 2 is 2.28 bits per heavy atom. The van der Waals surface area contributed by atoms with E-state index in [1.165, 1.54) is 11.8 Å². The summed E-state index contributed by atoms with van der Waals surface area (Å²) >= 11 is 1.48. The van der Waals surface area contributed by atoms with Gasteiger partial charge in [0.1, 0.15) is 0 Å². The summed E-state index contributed by atoms with van der Waals surface area (Å²) in [5, 5.41) is 7.08. The molecule has 0 fully saturated rings. The Balaban J connectivity index is 2.35. The molecule has 1 heterocycles. The third-order valence-corrected chi connectivity index (χ3v) is 3.29. The molecule has 0 unspecified atom stereocenters. The molecule has 0 saturated carbocycles. The first-order valence-corrected chi connectivity index (χ1v) is 7.11. The Morgan fingerprint density at radius 3 is 2.94 bits per heavy atom. The third kappa shape index (κ3) is 4.56. The number of hydrogen-bond donors (Lipinski definition) is 1. The van der Waals surface area contributed by atoms with E-state index in [9.17, 15) is 9.59 Å². The van der Waals surface area contributed by atoms with Crippen molar-refractivity contribution >= 4 is 17.7 Å². The van der Waals surface area contributed by atoms with Gasteiger partial charge < -0.3 is 4.74 Å². The molecule has 0 aliphatic rings. The molecular formula is C11H19N3O3S. The fourth-order valence-electron chi connectivity index (χ4n) is 1.45. The van der Waals surface area contributed by atoms with Gasteiger partial charge in [-0.1, -0.05) is 18.7 Å². The normalized spacial score (nSPS) is 10.6. The van der Waals surface area contributed by atoms with E-state index in [0.717, 1.165) is 18.6 Å². The van der Waals surface area contributed by atoms with Gasteiger partial charge in [-0.05, 0) is 19.8 Å². The van der Waals surface area contributed by atoms with Crippen molar-refractivity contribution in [3.63, 3.8) is 0 Å². The average Bonchev–Trinajstić information content (AvgIpc) is 2.68. The largest absolute Gasteiger partial charge is 0.466 e. The number of aromatic nitrogens is 3. The van der Waals surface area contributed by atoms with Gasteiger partial charge in [-0.2, -0.15) is 0 Å². The lowest BCUT2D eigenvalue weighted by atomic mass is 10.3. The molecule has 0 amide bonds. The highest BCUT2D eigenvalue weighted by Gasteiger charge is 2.08. The van der Waals surface area contributed by atoms with Crippen LogP contribution in [-0.2, 0) is 16.1 Å². The molecule has 0 aliphatic heterocycles. The van der Waals surface area contributed by atoms with Gasteiger partial charge in [0.2, 0.25) is 0 Å². The van der Waals surface area contributed by atoms with Crippen molar-refractivity contribution in [2.24, 2.45) is 0 Å². The highest BCUT2D eigenvalue weighted by atomic mass is 32.2. The van der Waals surface area contributed by atoms with E-state index < -0.39 is 0 Å². The van der Waals surface area contributed by atoms with E-state index in [0.29, 0.717) is 24.7 Å². The Morgan fingerprint density at radius 1 is 1.50 bits per heavy atom. The molecule has 1 aromatic heterocycles. The summed E-state index contributed by atoms with van der Waals surface area (Å²) in [5.74, 6) is 0.568. The van der Waals surface area contributed by atoms with E-state index in [4.69, 9.17) is 4.74 Å². The summed E-state index contributed by atoms with van der Waals surface area (Å²) in [6.45, 7) is 4.88. The third-order valence-electron chi connectivity index (χ3n) is 2.23. The maximum absolute atomic E-state index is 11.4. The van der Waals surface area contributed by atoms with Crippen LogP contribution in [0.3, 0.4) is 0 Å². The first kappa shape index (κ1) is 14.8. The van der Waals surface area contributed by atoms with Crippen molar-refractivity contribution in [3.8, 4) is 0 Å². The smallest absolute Gasteiger partial charge is 0.343 e. The minimum absolute atomic E-state index is 0.175. The minimum Gasteiger partial charge on any atom is -0.466 e. The first-order chi connectivity index (χ1) is 8.69. The van der Waals surface area contributed by atoms with Crippen LogP contribution in [0.25, 0.3) is 0 Å². The Hall–Kier alpha value is -1.24. The Labute approximate surface area is 110 Å². The summed E-state index contributed by atoms with van der Waals surface area (Å²) < 4.78 is 6.46. The maximum atomic E-state index is 11.4. The number of hydrogen-bond acceptors (Lipinski definition) is 5. The fourth-order valence-corrected chi connectivity index (χ4v) is 2.36. The molecule has 0 bridgehead atoms. The Kier molecular flexibility index (Phi) is 6.56. The quantitative estimate of drug-likeness (QED) is 0.440. The number of carbonyl (C=O) groups excluding carboxylic acids is 1. The van der Waals surface area contributed by atoms with Crippen LogP contribution in [0, 0.1) is 0 Å². The molecule has 0 spiro atoms. The van der Waals surface area contributed by atoms with Crippen LogP contribution in [0.4, 0.5) is 0 Å². The van der Waals surface area contributed by atoms with Crippen LogP contribution in [0.2, 0.25) is 0 Å². The highest BCUT2D eigenvalue weighted by molar-refractivity contribution is 7.99. The molecule has 0 saturated heterocycles. The first-order valence-electron chi connectivity index (χ1n) is 6.12. The summed E-state index contributed by atoms with van der Waals surface area (Å²) in [7, 11) is 0. The SMILES string of the molecule is CCCn1c(SCCCC(=O)OCC)n[nH]c1=O. The van der Waals surface area contributed by atoms with Crippen molar-refractivity contribution in [1.82, 2.24) is 14.8 Å². The molecule has 18 heavy (non-hydrogen) atoms. The van der Waals surface area contributed by atoms with E-state index in [1.807, 2.05) is 6.92 Å². The van der Waals surface area contributed by atoms with Gasteiger partial charge in [-0.15, -0.1) is 5.10 Å². The van der Waals surface area contributed by atoms with Crippen LogP contribution in [0.1, 0.15) is 33.1 Å². The van der Waals surface area contributed by atoms with Crippen molar-refractivity contribution in [2.75, 3.05) is 12.4 Å². The van der Waals surface area contributed by atoms with Crippen LogP contribution in [0.5, 0.6) is 0 Å². The topological polar surface area (TPSA) is 77.0 Å². The number of nitrogens with zero attached hydrogens (tertiary/aromatic N) is 2. The van der Waals surface area contributed by atoms with Gasteiger partial charge in [0.25, 0.3) is 0 Å². The average molecular weight is 273 g/mol. The summed E-state index contributed by atoms with van der Waals surface area (Å²) in [5.41, 5.74) is -0.176. The molecule has 1 rings (SSSR count). The van der Waals surface area contributed by atoms with Gasteiger partial charge in [-0.25, -0.2) is 9.89 Å². The zero-order chi connectivity index (χ0) is 13.4. The van der Waals surface area contributed by atoms with Crippen molar-refractivity contribution < 1.29 is 9.53 Å². The van der Waals surface area contributed by atoms with Gasteiger partial charge >= 0.3 is 11.7 Å². The number of rotatable bonds is 8. The molecule has 1 N–H and O–H groups in total. The molecule has 0 aromatic carbocycles. The Bertz CT molecular complexity index is 427. The lowest BCUT2D eigenvalue weighted by Crippen LogP contribution is -2.17. The van der Waals surface area contributed by atoms with Crippen molar-refractivity contribution in [2.45, 2.75) is 44.8 Å². The minimum atomic E-state index is -0.176.